The normalized spacial score (nSPS) is 18.6. The number of aliphatic imine (C=N–C) groups is 1. The van der Waals surface area contributed by atoms with Crippen LogP contribution in [0.25, 0.3) is 0 Å². The van der Waals surface area contributed by atoms with Crippen LogP contribution in [-0.2, 0) is 6.42 Å². The number of nitrogens with zero attached hydrogens (tertiary/aromatic N) is 2. The van der Waals surface area contributed by atoms with Gasteiger partial charge < -0.3 is 20.3 Å². The molecule has 0 aliphatic carbocycles. The third-order valence-electron chi connectivity index (χ3n) is 4.70. The maximum Gasteiger partial charge on any atom is 0.185 e. The second-order valence-electron chi connectivity index (χ2n) is 7.27. The summed E-state index contributed by atoms with van der Waals surface area (Å²) >= 11 is 0. The average molecular weight is 380 g/mol. The number of nitrogens with one attached hydrogen (secondary N) is 2. The molecule has 0 radical (unpaired) electrons. The Labute approximate surface area is 167 Å². The van der Waals surface area contributed by atoms with Crippen LogP contribution in [0.1, 0.15) is 17.5 Å². The van der Waals surface area contributed by atoms with Gasteiger partial charge in [0.05, 0.1) is 7.11 Å². The van der Waals surface area contributed by atoms with E-state index in [2.05, 4.69) is 35.8 Å². The van der Waals surface area contributed by atoms with E-state index in [-0.39, 0.29) is 0 Å². The first-order valence-corrected chi connectivity index (χ1v) is 9.40. The largest absolute Gasteiger partial charge is 0.496 e. The lowest BCUT2D eigenvalue weighted by Gasteiger charge is -2.34. The number of anilines is 1. The van der Waals surface area contributed by atoms with E-state index in [1.807, 2.05) is 55.4 Å². The lowest BCUT2D eigenvalue weighted by molar-refractivity contribution is 0.343. The highest BCUT2D eigenvalue weighted by Crippen LogP contribution is 2.23. The number of aryl methyl sites for hydroxylation is 2. The second-order valence-corrected chi connectivity index (χ2v) is 7.27. The van der Waals surface area contributed by atoms with Crippen LogP contribution in [0.15, 0.2) is 65.4 Å². The summed E-state index contributed by atoms with van der Waals surface area (Å²) < 4.78 is 5.46. The topological polar surface area (TPSA) is 74.9 Å². The van der Waals surface area contributed by atoms with Crippen molar-refractivity contribution in [2.24, 2.45) is 10.7 Å². The van der Waals surface area contributed by atoms with Crippen molar-refractivity contribution >= 4 is 11.5 Å². The minimum atomic E-state index is -0.914. The predicted octanol–water partition coefficient (Wildman–Crippen LogP) is 3.07. The van der Waals surface area contributed by atoms with E-state index in [0.29, 0.717) is 6.42 Å². The van der Waals surface area contributed by atoms with Crippen LogP contribution in [0.4, 0.5) is 5.69 Å². The van der Waals surface area contributed by atoms with Crippen molar-refractivity contribution in [3.63, 3.8) is 0 Å². The summed E-state index contributed by atoms with van der Waals surface area (Å²) in [4.78, 5) is 6.70. The fourth-order valence-corrected chi connectivity index (χ4v) is 3.10. The standard InChI is InChI=1S/C22H29N5O/c1-16-9-11-18(12-10-16)24-20-15-21(27(2)3)26-22(23,25-20)14-13-17-7-5-6-8-19(17)28-4/h5-12,15,24-25H,13-14,23H2,1-4H3. The van der Waals surface area contributed by atoms with Crippen molar-refractivity contribution in [3.05, 3.63) is 71.6 Å². The summed E-state index contributed by atoms with van der Waals surface area (Å²) in [5, 5.41) is 6.76. The van der Waals surface area contributed by atoms with Crippen molar-refractivity contribution in [2.75, 3.05) is 26.5 Å². The van der Waals surface area contributed by atoms with E-state index < -0.39 is 5.79 Å². The molecule has 2 aromatic carbocycles. The molecule has 6 heteroatoms. The van der Waals surface area contributed by atoms with Crippen molar-refractivity contribution in [1.29, 1.82) is 0 Å². The molecule has 6 nitrogen and oxygen atoms in total. The van der Waals surface area contributed by atoms with Gasteiger partial charge in [0.25, 0.3) is 0 Å². The predicted molar refractivity (Wildman–Crippen MR) is 115 cm³/mol. The fourth-order valence-electron chi connectivity index (χ4n) is 3.10. The van der Waals surface area contributed by atoms with Crippen LogP contribution < -0.4 is 21.1 Å². The third-order valence-corrected chi connectivity index (χ3v) is 4.70. The highest BCUT2D eigenvalue weighted by Gasteiger charge is 2.29. The summed E-state index contributed by atoms with van der Waals surface area (Å²) in [6.07, 6.45) is 3.33. The van der Waals surface area contributed by atoms with Crippen LogP contribution in [0, 0.1) is 6.92 Å². The number of benzene rings is 2. The van der Waals surface area contributed by atoms with Crippen molar-refractivity contribution in [2.45, 2.75) is 25.6 Å². The lowest BCUT2D eigenvalue weighted by atomic mass is 10.0. The van der Waals surface area contributed by atoms with Gasteiger partial charge in [-0.15, -0.1) is 0 Å². The van der Waals surface area contributed by atoms with Crippen LogP contribution in [0.5, 0.6) is 5.75 Å². The Morgan fingerprint density at radius 3 is 2.54 bits per heavy atom. The van der Waals surface area contributed by atoms with Gasteiger partial charge in [-0.3, -0.25) is 5.73 Å². The summed E-state index contributed by atoms with van der Waals surface area (Å²) in [6, 6.07) is 16.2. The van der Waals surface area contributed by atoms with Gasteiger partial charge in [0.15, 0.2) is 5.79 Å². The molecule has 1 atom stereocenters. The Kier molecular flexibility index (Phi) is 5.90. The minimum absolute atomic E-state index is 0.623. The first kappa shape index (κ1) is 19.8. The van der Waals surface area contributed by atoms with Crippen molar-refractivity contribution < 1.29 is 4.74 Å². The number of ether oxygens (including phenoxy) is 1. The van der Waals surface area contributed by atoms with E-state index in [4.69, 9.17) is 15.5 Å². The van der Waals surface area contributed by atoms with Gasteiger partial charge in [-0.25, -0.2) is 4.99 Å². The Hall–Kier alpha value is -2.99. The second kappa shape index (κ2) is 8.35. The molecule has 1 heterocycles. The molecule has 0 spiro atoms. The first-order chi connectivity index (χ1) is 13.4. The number of hydrogen-bond donors (Lipinski definition) is 3. The SMILES string of the molecule is COc1ccccc1CCC1(N)N=C(N(C)C)C=C(Nc2ccc(C)cc2)N1. The van der Waals surface area contributed by atoms with Gasteiger partial charge in [-0.2, -0.15) is 0 Å². The van der Waals surface area contributed by atoms with Gasteiger partial charge in [-0.1, -0.05) is 35.9 Å². The van der Waals surface area contributed by atoms with E-state index in [0.717, 1.165) is 35.1 Å². The molecule has 28 heavy (non-hydrogen) atoms. The number of methoxy groups -OCH3 is 1. The maximum atomic E-state index is 6.65. The fraction of sp³-hybridized carbons (Fsp3) is 0.318. The summed E-state index contributed by atoms with van der Waals surface area (Å²) in [7, 11) is 5.61. The van der Waals surface area contributed by atoms with Gasteiger partial charge in [-0.05, 0) is 37.1 Å². The average Bonchev–Trinajstić information content (AvgIpc) is 2.68. The Balaban J connectivity index is 1.78. The maximum absolute atomic E-state index is 6.65. The number of para-hydroxylation sites is 1. The molecule has 148 valence electrons. The highest BCUT2D eigenvalue weighted by molar-refractivity contribution is 5.94. The molecule has 1 aliphatic rings. The van der Waals surface area contributed by atoms with E-state index in [1.54, 1.807) is 7.11 Å². The molecule has 1 aliphatic heterocycles. The summed E-state index contributed by atoms with van der Waals surface area (Å²) in [5.41, 5.74) is 9.98. The van der Waals surface area contributed by atoms with E-state index in [9.17, 15) is 0 Å². The zero-order valence-corrected chi connectivity index (χ0v) is 17.0. The van der Waals surface area contributed by atoms with Gasteiger partial charge in [0.1, 0.15) is 17.4 Å². The van der Waals surface area contributed by atoms with Crippen LogP contribution in [0.3, 0.4) is 0 Å². The zero-order valence-electron chi connectivity index (χ0n) is 17.0. The monoisotopic (exact) mass is 379 g/mol. The molecule has 2 aromatic rings. The smallest absolute Gasteiger partial charge is 0.185 e. The van der Waals surface area contributed by atoms with E-state index >= 15 is 0 Å². The number of likely N-dealkylation sites (N-methyl/N-ethyl adjacent to an activating group) is 1. The molecule has 0 amide bonds. The Morgan fingerprint density at radius 2 is 1.86 bits per heavy atom. The summed E-state index contributed by atoms with van der Waals surface area (Å²) in [5.74, 6) is 1.59. The molecule has 0 saturated heterocycles. The number of hydrogen-bond acceptors (Lipinski definition) is 6. The molecule has 0 saturated carbocycles. The molecule has 1 unspecified atom stereocenters. The quantitative estimate of drug-likeness (QED) is 0.719. The number of nitrogens with two attached hydrogens (primary N) is 1. The van der Waals surface area contributed by atoms with Crippen LogP contribution in [-0.4, -0.2) is 37.7 Å². The molecular weight excluding hydrogens is 350 g/mol. The lowest BCUT2D eigenvalue weighted by Crippen LogP contribution is -2.56. The van der Waals surface area contributed by atoms with Gasteiger partial charge >= 0.3 is 0 Å². The number of amidine groups is 1. The molecule has 3 rings (SSSR count). The van der Waals surface area contributed by atoms with Gasteiger partial charge in [0, 0.05) is 32.3 Å². The van der Waals surface area contributed by atoms with Crippen molar-refractivity contribution in [1.82, 2.24) is 10.2 Å². The highest BCUT2D eigenvalue weighted by atomic mass is 16.5. The first-order valence-electron chi connectivity index (χ1n) is 9.40. The summed E-state index contributed by atoms with van der Waals surface area (Å²) in [6.45, 7) is 2.07. The molecular formula is C22H29N5O. The van der Waals surface area contributed by atoms with Crippen molar-refractivity contribution in [3.8, 4) is 5.75 Å². The molecule has 0 aromatic heterocycles. The Morgan fingerprint density at radius 1 is 1.14 bits per heavy atom. The van der Waals surface area contributed by atoms with E-state index in [1.165, 1.54) is 5.56 Å². The molecule has 0 bridgehead atoms. The number of rotatable bonds is 6. The van der Waals surface area contributed by atoms with Gasteiger partial charge in [0.2, 0.25) is 0 Å². The van der Waals surface area contributed by atoms with Crippen LogP contribution in [0.2, 0.25) is 0 Å². The molecule has 0 fully saturated rings. The third kappa shape index (κ3) is 4.84. The molecule has 4 N–H and O–H groups in total. The van der Waals surface area contributed by atoms with Crippen LogP contribution >= 0.6 is 0 Å². The Bertz CT molecular complexity index is 873. The minimum Gasteiger partial charge on any atom is -0.496 e. The zero-order chi connectivity index (χ0) is 20.1.